The second-order valence-electron chi connectivity index (χ2n) is 5.29. The molecule has 5 heteroatoms. The zero-order chi connectivity index (χ0) is 14.0. The van der Waals surface area contributed by atoms with Gasteiger partial charge in [-0.15, -0.1) is 0 Å². The van der Waals surface area contributed by atoms with E-state index in [1.807, 2.05) is 0 Å². The number of ether oxygens (including phenoxy) is 1. The summed E-state index contributed by atoms with van der Waals surface area (Å²) in [6.45, 7) is 2.76. The maximum atomic E-state index is 12.5. The lowest BCUT2D eigenvalue weighted by Crippen LogP contribution is -2.48. The Bertz CT molecular complexity index is 486. The molecular weight excluding hydrogens is 244 g/mol. The predicted molar refractivity (Wildman–Crippen MR) is 73.2 cm³/mol. The number of anilines is 1. The first kappa shape index (κ1) is 13.7. The molecule has 3 N–H and O–H groups in total. The number of nitrogen functional groups attached to an aromatic ring is 1. The molecule has 19 heavy (non-hydrogen) atoms. The van der Waals surface area contributed by atoms with Crippen LogP contribution in [0.15, 0.2) is 18.2 Å². The van der Waals surface area contributed by atoms with E-state index in [0.717, 1.165) is 12.8 Å². The highest BCUT2D eigenvalue weighted by Crippen LogP contribution is 2.26. The van der Waals surface area contributed by atoms with Gasteiger partial charge in [-0.05, 0) is 31.9 Å². The van der Waals surface area contributed by atoms with Gasteiger partial charge in [0.25, 0.3) is 5.91 Å². The molecule has 0 saturated carbocycles. The summed E-state index contributed by atoms with van der Waals surface area (Å²) in [5.41, 5.74) is 5.90. The van der Waals surface area contributed by atoms with Crippen LogP contribution in [0.25, 0.3) is 0 Å². The van der Waals surface area contributed by atoms with Gasteiger partial charge in [-0.2, -0.15) is 0 Å². The predicted octanol–water partition coefficient (Wildman–Crippen LogP) is 1.26. The van der Waals surface area contributed by atoms with E-state index in [1.54, 1.807) is 30.0 Å². The van der Waals surface area contributed by atoms with Gasteiger partial charge in [-0.25, -0.2) is 0 Å². The van der Waals surface area contributed by atoms with Crippen LogP contribution in [-0.2, 0) is 0 Å². The van der Waals surface area contributed by atoms with E-state index in [1.165, 1.54) is 7.11 Å². The van der Waals surface area contributed by atoms with E-state index in [9.17, 15) is 9.90 Å². The topological polar surface area (TPSA) is 75.8 Å². The van der Waals surface area contributed by atoms with Gasteiger partial charge in [-0.3, -0.25) is 4.79 Å². The molecule has 1 atom stereocenters. The smallest absolute Gasteiger partial charge is 0.257 e. The Balaban J connectivity index is 2.24. The molecule has 1 heterocycles. The van der Waals surface area contributed by atoms with Crippen molar-refractivity contribution < 1.29 is 14.6 Å². The molecule has 1 fully saturated rings. The number of carbonyl (C=O) groups is 1. The summed E-state index contributed by atoms with van der Waals surface area (Å²) in [6.07, 6.45) is 1.52. The highest BCUT2D eigenvalue weighted by molar-refractivity contribution is 5.97. The SMILES string of the molecule is COc1cc(N)ccc1C(=O)N1CCCC(C)(O)C1. The third-order valence-electron chi connectivity index (χ3n) is 3.42. The highest BCUT2D eigenvalue weighted by Gasteiger charge is 2.32. The van der Waals surface area contributed by atoms with Crippen molar-refractivity contribution >= 4 is 11.6 Å². The van der Waals surface area contributed by atoms with E-state index in [0.29, 0.717) is 30.1 Å². The van der Waals surface area contributed by atoms with E-state index >= 15 is 0 Å². The number of nitrogens with zero attached hydrogens (tertiary/aromatic N) is 1. The lowest BCUT2D eigenvalue weighted by molar-refractivity contribution is -0.0108. The number of hydrogen-bond donors (Lipinski definition) is 2. The van der Waals surface area contributed by atoms with Gasteiger partial charge < -0.3 is 20.5 Å². The van der Waals surface area contributed by atoms with E-state index in [4.69, 9.17) is 10.5 Å². The molecule has 1 aliphatic rings. The largest absolute Gasteiger partial charge is 0.496 e. The number of likely N-dealkylation sites (tertiary alicyclic amines) is 1. The molecule has 0 aromatic heterocycles. The van der Waals surface area contributed by atoms with Crippen LogP contribution in [0.5, 0.6) is 5.75 Å². The van der Waals surface area contributed by atoms with Crippen molar-refractivity contribution in [2.45, 2.75) is 25.4 Å². The van der Waals surface area contributed by atoms with Crippen molar-refractivity contribution in [2.75, 3.05) is 25.9 Å². The van der Waals surface area contributed by atoms with Crippen LogP contribution < -0.4 is 10.5 Å². The number of benzene rings is 1. The Morgan fingerprint density at radius 3 is 2.89 bits per heavy atom. The molecule has 1 saturated heterocycles. The third-order valence-corrected chi connectivity index (χ3v) is 3.42. The second kappa shape index (κ2) is 5.09. The molecule has 5 nitrogen and oxygen atoms in total. The van der Waals surface area contributed by atoms with Crippen molar-refractivity contribution in [3.8, 4) is 5.75 Å². The number of β-amino-alcohol motifs (C(OH)–C–C–N with tert-alkyl or cyclic N) is 1. The molecule has 1 aromatic rings. The maximum absolute atomic E-state index is 12.5. The minimum Gasteiger partial charge on any atom is -0.496 e. The lowest BCUT2D eigenvalue weighted by Gasteiger charge is -2.37. The number of methoxy groups -OCH3 is 1. The van der Waals surface area contributed by atoms with E-state index in [-0.39, 0.29) is 5.91 Å². The number of carbonyl (C=O) groups excluding carboxylic acids is 1. The van der Waals surface area contributed by atoms with E-state index < -0.39 is 5.60 Å². The molecule has 1 aromatic carbocycles. The summed E-state index contributed by atoms with van der Waals surface area (Å²) in [5, 5.41) is 10.1. The average molecular weight is 264 g/mol. The lowest BCUT2D eigenvalue weighted by atomic mass is 9.94. The highest BCUT2D eigenvalue weighted by atomic mass is 16.5. The second-order valence-corrected chi connectivity index (χ2v) is 5.29. The molecule has 0 bridgehead atoms. The Morgan fingerprint density at radius 1 is 1.53 bits per heavy atom. The number of nitrogens with two attached hydrogens (primary N) is 1. The van der Waals surface area contributed by atoms with Gasteiger partial charge in [0, 0.05) is 24.8 Å². The third kappa shape index (κ3) is 2.98. The van der Waals surface area contributed by atoms with Gasteiger partial charge in [-0.1, -0.05) is 0 Å². The minimum absolute atomic E-state index is 0.128. The first-order valence-electron chi connectivity index (χ1n) is 6.38. The van der Waals surface area contributed by atoms with Gasteiger partial charge in [0.05, 0.1) is 18.3 Å². The summed E-state index contributed by atoms with van der Waals surface area (Å²) in [4.78, 5) is 14.1. The maximum Gasteiger partial charge on any atom is 0.257 e. The van der Waals surface area contributed by atoms with Crippen molar-refractivity contribution in [2.24, 2.45) is 0 Å². The zero-order valence-electron chi connectivity index (χ0n) is 11.3. The monoisotopic (exact) mass is 264 g/mol. The molecule has 2 rings (SSSR count). The van der Waals surface area contributed by atoms with Crippen molar-refractivity contribution in [1.82, 2.24) is 4.90 Å². The van der Waals surface area contributed by atoms with Crippen molar-refractivity contribution in [1.29, 1.82) is 0 Å². The van der Waals surface area contributed by atoms with Crippen LogP contribution >= 0.6 is 0 Å². The summed E-state index contributed by atoms with van der Waals surface area (Å²) in [7, 11) is 1.51. The molecule has 0 aliphatic carbocycles. The molecule has 104 valence electrons. The van der Waals surface area contributed by atoms with Crippen LogP contribution in [0, 0.1) is 0 Å². The van der Waals surface area contributed by atoms with Crippen LogP contribution in [0.1, 0.15) is 30.1 Å². The summed E-state index contributed by atoms with van der Waals surface area (Å²) in [6, 6.07) is 4.98. The average Bonchev–Trinajstić information content (AvgIpc) is 2.36. The standard InChI is InChI=1S/C14H20N2O3/c1-14(18)6-3-7-16(9-14)13(17)11-5-4-10(15)8-12(11)19-2/h4-5,8,18H,3,6-7,9,15H2,1-2H3. The first-order valence-corrected chi connectivity index (χ1v) is 6.38. The Morgan fingerprint density at radius 2 is 2.26 bits per heavy atom. The van der Waals surface area contributed by atoms with Crippen LogP contribution in [0.4, 0.5) is 5.69 Å². The molecular formula is C14H20N2O3. The van der Waals surface area contributed by atoms with Crippen molar-refractivity contribution in [3.63, 3.8) is 0 Å². The van der Waals surface area contributed by atoms with Crippen LogP contribution in [0.3, 0.4) is 0 Å². The van der Waals surface area contributed by atoms with Gasteiger partial charge >= 0.3 is 0 Å². The van der Waals surface area contributed by atoms with Crippen LogP contribution in [-0.4, -0.2) is 41.7 Å². The minimum atomic E-state index is -0.811. The van der Waals surface area contributed by atoms with E-state index in [2.05, 4.69) is 0 Å². The van der Waals surface area contributed by atoms with Crippen molar-refractivity contribution in [3.05, 3.63) is 23.8 Å². The Kier molecular flexibility index (Phi) is 3.66. The number of piperidine rings is 1. The number of amides is 1. The Hall–Kier alpha value is -1.75. The molecule has 1 aliphatic heterocycles. The number of hydrogen-bond acceptors (Lipinski definition) is 4. The fourth-order valence-corrected chi connectivity index (χ4v) is 2.45. The zero-order valence-corrected chi connectivity index (χ0v) is 11.3. The molecule has 1 amide bonds. The van der Waals surface area contributed by atoms with Crippen LogP contribution in [0.2, 0.25) is 0 Å². The quantitative estimate of drug-likeness (QED) is 0.789. The summed E-state index contributed by atoms with van der Waals surface area (Å²) < 4.78 is 5.20. The van der Waals surface area contributed by atoms with Gasteiger partial charge in [0.2, 0.25) is 0 Å². The summed E-state index contributed by atoms with van der Waals surface area (Å²) in [5.74, 6) is 0.340. The fraction of sp³-hybridized carbons (Fsp3) is 0.500. The molecule has 0 spiro atoms. The normalized spacial score (nSPS) is 23.2. The fourth-order valence-electron chi connectivity index (χ4n) is 2.45. The van der Waals surface area contributed by atoms with Gasteiger partial charge in [0.1, 0.15) is 5.75 Å². The van der Waals surface area contributed by atoms with Gasteiger partial charge in [0.15, 0.2) is 0 Å². The molecule has 0 radical (unpaired) electrons. The first-order chi connectivity index (χ1) is 8.93. The summed E-state index contributed by atoms with van der Waals surface area (Å²) >= 11 is 0. The number of aliphatic hydroxyl groups is 1. The molecule has 1 unspecified atom stereocenters. The number of rotatable bonds is 2. The Labute approximate surface area is 113 Å².